The van der Waals surface area contributed by atoms with E-state index in [0.717, 1.165) is 12.8 Å². The van der Waals surface area contributed by atoms with Crippen LogP contribution in [0.3, 0.4) is 0 Å². The summed E-state index contributed by atoms with van der Waals surface area (Å²) in [6.45, 7) is 2.50. The van der Waals surface area contributed by atoms with Crippen LogP contribution in [-0.4, -0.2) is 29.4 Å². The van der Waals surface area contributed by atoms with E-state index in [1.165, 1.54) is 13.2 Å². The summed E-state index contributed by atoms with van der Waals surface area (Å²) in [5, 5.41) is 2.40. The van der Waals surface area contributed by atoms with Crippen LogP contribution in [0.15, 0.2) is 18.2 Å². The van der Waals surface area contributed by atoms with Gasteiger partial charge in [-0.15, -0.1) is 0 Å². The molecule has 0 radical (unpaired) electrons. The van der Waals surface area contributed by atoms with Crippen molar-refractivity contribution in [1.29, 1.82) is 0 Å². The Hall–Kier alpha value is -1.17. The zero-order valence-electron chi connectivity index (χ0n) is 12.1. The van der Waals surface area contributed by atoms with Crippen LogP contribution in [0.4, 0.5) is 5.69 Å². The number of methoxy groups -OCH3 is 1. The van der Waals surface area contributed by atoms with E-state index in [2.05, 4.69) is 5.32 Å². The SMILES string of the molecule is CCCCOc1ccc(NC(=O)C(Cl)(Cl)Cl)cc1C(=O)OC. The highest BCUT2D eigenvalue weighted by molar-refractivity contribution is 6.76. The molecule has 0 unspecified atom stereocenters. The molecule has 22 heavy (non-hydrogen) atoms. The van der Waals surface area contributed by atoms with Gasteiger partial charge < -0.3 is 14.8 Å². The molecule has 0 atom stereocenters. The Bertz CT molecular complexity index is 543. The zero-order chi connectivity index (χ0) is 16.8. The molecule has 0 fully saturated rings. The number of esters is 1. The molecule has 0 heterocycles. The number of unbranched alkanes of at least 4 members (excludes halogenated alkanes) is 1. The lowest BCUT2D eigenvalue weighted by Gasteiger charge is -2.14. The van der Waals surface area contributed by atoms with E-state index in [0.29, 0.717) is 18.0 Å². The fourth-order valence-corrected chi connectivity index (χ4v) is 1.67. The van der Waals surface area contributed by atoms with Crippen molar-refractivity contribution < 1.29 is 19.1 Å². The fraction of sp³-hybridized carbons (Fsp3) is 0.429. The number of amides is 1. The summed E-state index contributed by atoms with van der Waals surface area (Å²) < 4.78 is 8.14. The Labute approximate surface area is 143 Å². The van der Waals surface area contributed by atoms with Gasteiger partial charge in [0.25, 0.3) is 9.70 Å². The van der Waals surface area contributed by atoms with Crippen LogP contribution in [0.5, 0.6) is 5.75 Å². The number of hydrogen-bond acceptors (Lipinski definition) is 4. The third-order valence-corrected chi connectivity index (χ3v) is 3.17. The molecule has 0 saturated carbocycles. The number of benzene rings is 1. The molecule has 1 N–H and O–H groups in total. The van der Waals surface area contributed by atoms with Crippen molar-refractivity contribution in [2.75, 3.05) is 19.0 Å². The molecule has 0 bridgehead atoms. The topological polar surface area (TPSA) is 64.6 Å². The van der Waals surface area contributed by atoms with Crippen molar-refractivity contribution in [2.24, 2.45) is 0 Å². The maximum atomic E-state index is 11.8. The highest BCUT2D eigenvalue weighted by atomic mass is 35.6. The summed E-state index contributed by atoms with van der Waals surface area (Å²) in [6.07, 6.45) is 1.82. The van der Waals surface area contributed by atoms with Crippen molar-refractivity contribution in [3.63, 3.8) is 0 Å². The molecular formula is C14H16Cl3NO4. The maximum Gasteiger partial charge on any atom is 0.341 e. The number of halogens is 3. The third kappa shape index (κ3) is 5.55. The normalized spacial score (nSPS) is 11.0. The summed E-state index contributed by atoms with van der Waals surface area (Å²) in [6, 6.07) is 4.50. The van der Waals surface area contributed by atoms with E-state index in [9.17, 15) is 9.59 Å². The first-order valence-corrected chi connectivity index (χ1v) is 7.66. The van der Waals surface area contributed by atoms with Gasteiger partial charge in [0, 0.05) is 5.69 Å². The van der Waals surface area contributed by atoms with Crippen molar-refractivity contribution in [2.45, 2.75) is 23.6 Å². The highest BCUT2D eigenvalue weighted by Crippen LogP contribution is 2.29. The van der Waals surface area contributed by atoms with Crippen LogP contribution < -0.4 is 10.1 Å². The van der Waals surface area contributed by atoms with E-state index in [4.69, 9.17) is 44.3 Å². The fourth-order valence-electron chi connectivity index (χ4n) is 1.53. The van der Waals surface area contributed by atoms with Crippen LogP contribution in [0.2, 0.25) is 0 Å². The van der Waals surface area contributed by atoms with Crippen LogP contribution in [0.1, 0.15) is 30.1 Å². The largest absolute Gasteiger partial charge is 0.493 e. The minimum atomic E-state index is -2.10. The molecule has 1 rings (SSSR count). The predicted octanol–water partition coefficient (Wildman–Crippen LogP) is 3.96. The summed E-state index contributed by atoms with van der Waals surface area (Å²) >= 11 is 16.4. The number of anilines is 1. The van der Waals surface area contributed by atoms with Crippen molar-refractivity contribution in [3.8, 4) is 5.75 Å². The van der Waals surface area contributed by atoms with Gasteiger partial charge in [-0.05, 0) is 24.6 Å². The Morgan fingerprint density at radius 1 is 1.27 bits per heavy atom. The molecule has 0 saturated heterocycles. The standard InChI is InChI=1S/C14H16Cl3NO4/c1-3-4-7-22-11-6-5-9(8-10(11)12(19)21-2)18-13(20)14(15,16)17/h5-6,8H,3-4,7H2,1-2H3,(H,18,20). The molecule has 0 aromatic heterocycles. The van der Waals surface area contributed by atoms with Gasteiger partial charge in [-0.2, -0.15) is 0 Å². The quantitative estimate of drug-likeness (QED) is 0.469. The Morgan fingerprint density at radius 2 is 1.95 bits per heavy atom. The first-order valence-electron chi connectivity index (χ1n) is 6.53. The Balaban J connectivity index is 2.99. The van der Waals surface area contributed by atoms with Gasteiger partial charge in [-0.3, -0.25) is 4.79 Å². The molecule has 5 nitrogen and oxygen atoms in total. The Kier molecular flexibility index (Phi) is 7.26. The van der Waals surface area contributed by atoms with E-state index < -0.39 is 15.7 Å². The molecule has 0 aliphatic heterocycles. The lowest BCUT2D eigenvalue weighted by Crippen LogP contribution is -2.27. The van der Waals surface area contributed by atoms with Gasteiger partial charge in [-0.25, -0.2) is 4.79 Å². The molecular weight excluding hydrogens is 353 g/mol. The monoisotopic (exact) mass is 367 g/mol. The second kappa shape index (κ2) is 8.46. The second-order valence-electron chi connectivity index (χ2n) is 4.36. The van der Waals surface area contributed by atoms with Crippen LogP contribution in [0.25, 0.3) is 0 Å². The molecule has 1 amide bonds. The molecule has 1 aromatic rings. The van der Waals surface area contributed by atoms with E-state index in [1.54, 1.807) is 12.1 Å². The average Bonchev–Trinajstić information content (AvgIpc) is 2.46. The molecule has 8 heteroatoms. The van der Waals surface area contributed by atoms with Gasteiger partial charge in [0.2, 0.25) is 0 Å². The number of carbonyl (C=O) groups excluding carboxylic acids is 2. The van der Waals surface area contributed by atoms with E-state index in [1.807, 2.05) is 6.92 Å². The highest BCUT2D eigenvalue weighted by Gasteiger charge is 2.30. The van der Waals surface area contributed by atoms with Gasteiger partial charge in [-0.1, -0.05) is 48.1 Å². The average molecular weight is 369 g/mol. The lowest BCUT2D eigenvalue weighted by molar-refractivity contribution is -0.115. The van der Waals surface area contributed by atoms with Gasteiger partial charge in [0.05, 0.1) is 13.7 Å². The first kappa shape index (κ1) is 18.9. The maximum absolute atomic E-state index is 11.8. The number of hydrogen-bond donors (Lipinski definition) is 1. The number of ether oxygens (including phenoxy) is 2. The first-order chi connectivity index (χ1) is 10.3. The number of carbonyl (C=O) groups is 2. The summed E-state index contributed by atoms with van der Waals surface area (Å²) in [7, 11) is 1.25. The van der Waals surface area contributed by atoms with E-state index >= 15 is 0 Å². The third-order valence-electron chi connectivity index (χ3n) is 2.66. The van der Waals surface area contributed by atoms with Crippen molar-refractivity contribution in [1.82, 2.24) is 0 Å². The lowest BCUT2D eigenvalue weighted by atomic mass is 10.1. The smallest absolute Gasteiger partial charge is 0.341 e. The van der Waals surface area contributed by atoms with Crippen molar-refractivity contribution >= 4 is 52.4 Å². The second-order valence-corrected chi connectivity index (χ2v) is 6.64. The van der Waals surface area contributed by atoms with Crippen molar-refractivity contribution in [3.05, 3.63) is 23.8 Å². The molecule has 1 aromatic carbocycles. The molecule has 122 valence electrons. The number of nitrogens with one attached hydrogen (secondary N) is 1. The molecule has 0 spiro atoms. The minimum Gasteiger partial charge on any atom is -0.493 e. The summed E-state index contributed by atoms with van der Waals surface area (Å²) in [5.74, 6) is -1.04. The number of alkyl halides is 3. The summed E-state index contributed by atoms with van der Waals surface area (Å²) in [4.78, 5) is 23.4. The zero-order valence-corrected chi connectivity index (χ0v) is 14.4. The minimum absolute atomic E-state index is 0.181. The van der Waals surface area contributed by atoms with E-state index in [-0.39, 0.29) is 5.56 Å². The van der Waals surface area contributed by atoms with Crippen LogP contribution in [-0.2, 0) is 9.53 Å². The van der Waals surface area contributed by atoms with Gasteiger partial charge >= 0.3 is 5.97 Å². The van der Waals surface area contributed by atoms with Crippen LogP contribution in [0, 0.1) is 0 Å². The molecule has 0 aliphatic carbocycles. The predicted molar refractivity (Wildman–Crippen MR) is 87.1 cm³/mol. The van der Waals surface area contributed by atoms with Gasteiger partial charge in [0.1, 0.15) is 11.3 Å². The van der Waals surface area contributed by atoms with Crippen LogP contribution >= 0.6 is 34.8 Å². The summed E-state index contributed by atoms with van der Waals surface area (Å²) in [5.41, 5.74) is 0.472. The molecule has 0 aliphatic rings. The van der Waals surface area contributed by atoms with Gasteiger partial charge in [0.15, 0.2) is 0 Å². The number of rotatable bonds is 6. The Morgan fingerprint density at radius 3 is 2.50 bits per heavy atom.